The van der Waals surface area contributed by atoms with E-state index in [1.165, 1.54) is 6.08 Å². The molecule has 0 saturated heterocycles. The van der Waals surface area contributed by atoms with E-state index in [2.05, 4.69) is 18.8 Å². The number of rotatable bonds is 4. The van der Waals surface area contributed by atoms with E-state index in [4.69, 9.17) is 5.11 Å². The molecule has 70 valence electrons. The van der Waals surface area contributed by atoms with Crippen LogP contribution >= 0.6 is 0 Å². The lowest BCUT2D eigenvalue weighted by atomic mass is 10.2. The SMILES string of the molecule is CCCCC#CC=CC=CC(=O)O. The highest BCUT2D eigenvalue weighted by atomic mass is 16.4. The number of carboxylic acid groups (broad SMARTS) is 1. The van der Waals surface area contributed by atoms with Crippen LogP contribution in [0, 0.1) is 11.8 Å². The van der Waals surface area contributed by atoms with Gasteiger partial charge in [-0.25, -0.2) is 4.79 Å². The number of unbranched alkanes of at least 4 members (excludes halogenated alkanes) is 2. The summed E-state index contributed by atoms with van der Waals surface area (Å²) in [5.74, 6) is 4.83. The Bertz CT molecular complexity index is 251. The van der Waals surface area contributed by atoms with Gasteiger partial charge in [0.15, 0.2) is 0 Å². The molecule has 0 aromatic heterocycles. The lowest BCUT2D eigenvalue weighted by Crippen LogP contribution is -1.84. The van der Waals surface area contributed by atoms with Gasteiger partial charge < -0.3 is 5.11 Å². The fraction of sp³-hybridized carbons (Fsp3) is 0.364. The maximum absolute atomic E-state index is 10.0. The zero-order valence-electron chi connectivity index (χ0n) is 7.79. The van der Waals surface area contributed by atoms with Crippen LogP contribution in [-0.4, -0.2) is 11.1 Å². The normalized spacial score (nSPS) is 10.2. The molecule has 13 heavy (non-hydrogen) atoms. The molecule has 0 aromatic rings. The Morgan fingerprint density at radius 2 is 2.23 bits per heavy atom. The van der Waals surface area contributed by atoms with Crippen molar-refractivity contribution in [3.63, 3.8) is 0 Å². The zero-order valence-corrected chi connectivity index (χ0v) is 7.79. The molecule has 0 fully saturated rings. The summed E-state index contributed by atoms with van der Waals surface area (Å²) in [5.41, 5.74) is 0. The first-order valence-electron chi connectivity index (χ1n) is 4.32. The van der Waals surface area contributed by atoms with Crippen molar-refractivity contribution < 1.29 is 9.90 Å². The number of hydrogen-bond acceptors (Lipinski definition) is 1. The van der Waals surface area contributed by atoms with E-state index in [1.807, 2.05) is 0 Å². The van der Waals surface area contributed by atoms with Crippen molar-refractivity contribution in [3.05, 3.63) is 24.3 Å². The van der Waals surface area contributed by atoms with Crippen LogP contribution in [0.5, 0.6) is 0 Å². The molecule has 0 amide bonds. The van der Waals surface area contributed by atoms with Crippen LogP contribution in [0.2, 0.25) is 0 Å². The first-order chi connectivity index (χ1) is 6.27. The molecule has 0 bridgehead atoms. The quantitative estimate of drug-likeness (QED) is 0.310. The zero-order chi connectivity index (χ0) is 9.94. The number of aliphatic carboxylic acids is 1. The van der Waals surface area contributed by atoms with Crippen LogP contribution in [0.3, 0.4) is 0 Å². The molecule has 0 atom stereocenters. The van der Waals surface area contributed by atoms with E-state index in [0.717, 1.165) is 25.3 Å². The van der Waals surface area contributed by atoms with Crippen molar-refractivity contribution in [3.8, 4) is 11.8 Å². The van der Waals surface area contributed by atoms with Crippen molar-refractivity contribution in [1.82, 2.24) is 0 Å². The first kappa shape index (κ1) is 11.5. The van der Waals surface area contributed by atoms with E-state index in [0.29, 0.717) is 0 Å². The van der Waals surface area contributed by atoms with E-state index in [-0.39, 0.29) is 0 Å². The largest absolute Gasteiger partial charge is 0.478 e. The molecule has 0 heterocycles. The first-order valence-corrected chi connectivity index (χ1v) is 4.32. The molecule has 0 radical (unpaired) electrons. The van der Waals surface area contributed by atoms with Gasteiger partial charge in [-0.15, -0.1) is 0 Å². The lowest BCUT2D eigenvalue weighted by Gasteiger charge is -1.81. The predicted molar refractivity (Wildman–Crippen MR) is 53.2 cm³/mol. The molecular weight excluding hydrogens is 164 g/mol. The molecule has 0 aliphatic carbocycles. The van der Waals surface area contributed by atoms with E-state index in [9.17, 15) is 4.79 Å². The number of hydrogen-bond donors (Lipinski definition) is 1. The molecule has 2 heteroatoms. The molecule has 0 spiro atoms. The molecule has 0 saturated carbocycles. The molecule has 0 unspecified atom stereocenters. The van der Waals surface area contributed by atoms with Crippen LogP contribution < -0.4 is 0 Å². The van der Waals surface area contributed by atoms with Crippen LogP contribution in [0.4, 0.5) is 0 Å². The van der Waals surface area contributed by atoms with Crippen LogP contribution in [-0.2, 0) is 4.79 Å². The molecule has 0 aliphatic rings. The summed E-state index contributed by atoms with van der Waals surface area (Å²) in [6.07, 6.45) is 8.97. The Morgan fingerprint density at radius 3 is 2.85 bits per heavy atom. The second kappa shape index (κ2) is 8.61. The Balaban J connectivity index is 3.60. The topological polar surface area (TPSA) is 37.3 Å². The third-order valence-electron chi connectivity index (χ3n) is 1.29. The van der Waals surface area contributed by atoms with Gasteiger partial charge in [-0.05, 0) is 12.5 Å². The summed E-state index contributed by atoms with van der Waals surface area (Å²) in [6, 6.07) is 0. The van der Waals surface area contributed by atoms with E-state index in [1.54, 1.807) is 12.2 Å². The Morgan fingerprint density at radius 1 is 1.46 bits per heavy atom. The third kappa shape index (κ3) is 10.5. The van der Waals surface area contributed by atoms with Crippen LogP contribution in [0.15, 0.2) is 24.3 Å². The Hall–Kier alpha value is -1.49. The summed E-state index contributed by atoms with van der Waals surface area (Å²) in [4.78, 5) is 10.0. The van der Waals surface area contributed by atoms with Crippen LogP contribution in [0.25, 0.3) is 0 Å². The maximum atomic E-state index is 10.0. The summed E-state index contributed by atoms with van der Waals surface area (Å²) in [5, 5.41) is 8.23. The van der Waals surface area contributed by atoms with Crippen molar-refractivity contribution in [1.29, 1.82) is 0 Å². The molecule has 2 nitrogen and oxygen atoms in total. The van der Waals surface area contributed by atoms with Gasteiger partial charge in [-0.3, -0.25) is 0 Å². The molecule has 0 rings (SSSR count). The molecule has 0 aliphatic heterocycles. The van der Waals surface area contributed by atoms with Gasteiger partial charge in [0.25, 0.3) is 0 Å². The monoisotopic (exact) mass is 178 g/mol. The van der Waals surface area contributed by atoms with Gasteiger partial charge in [0.1, 0.15) is 0 Å². The standard InChI is InChI=1S/C11H14O2/c1-2-3-4-5-6-7-8-9-10-11(12)13/h7-10H,2-4H2,1H3,(H,12,13). The van der Waals surface area contributed by atoms with Crippen molar-refractivity contribution in [2.45, 2.75) is 26.2 Å². The van der Waals surface area contributed by atoms with Crippen molar-refractivity contribution in [2.24, 2.45) is 0 Å². The lowest BCUT2D eigenvalue weighted by molar-refractivity contribution is -0.131. The highest BCUT2D eigenvalue weighted by Gasteiger charge is 1.79. The van der Waals surface area contributed by atoms with Gasteiger partial charge in [-0.1, -0.05) is 37.3 Å². The fourth-order valence-corrected chi connectivity index (χ4v) is 0.638. The fourth-order valence-electron chi connectivity index (χ4n) is 0.638. The average molecular weight is 178 g/mol. The second-order valence-electron chi connectivity index (χ2n) is 2.48. The smallest absolute Gasteiger partial charge is 0.328 e. The number of allylic oxidation sites excluding steroid dienone is 3. The van der Waals surface area contributed by atoms with Gasteiger partial charge >= 0.3 is 5.97 Å². The third-order valence-corrected chi connectivity index (χ3v) is 1.29. The second-order valence-corrected chi connectivity index (χ2v) is 2.48. The van der Waals surface area contributed by atoms with Crippen molar-refractivity contribution in [2.75, 3.05) is 0 Å². The Kier molecular flexibility index (Phi) is 7.62. The minimum atomic E-state index is -0.941. The maximum Gasteiger partial charge on any atom is 0.328 e. The Labute approximate surface area is 79.0 Å². The molecular formula is C11H14O2. The van der Waals surface area contributed by atoms with Gasteiger partial charge in [0.05, 0.1) is 0 Å². The summed E-state index contributed by atoms with van der Waals surface area (Å²) in [7, 11) is 0. The van der Waals surface area contributed by atoms with Crippen molar-refractivity contribution >= 4 is 5.97 Å². The van der Waals surface area contributed by atoms with Crippen LogP contribution in [0.1, 0.15) is 26.2 Å². The summed E-state index contributed by atoms with van der Waals surface area (Å²) in [6.45, 7) is 2.12. The highest BCUT2D eigenvalue weighted by molar-refractivity contribution is 5.80. The van der Waals surface area contributed by atoms with Gasteiger partial charge in [-0.2, -0.15) is 0 Å². The molecule has 1 N–H and O–H groups in total. The van der Waals surface area contributed by atoms with Gasteiger partial charge in [0, 0.05) is 12.5 Å². The minimum Gasteiger partial charge on any atom is -0.478 e. The number of carboxylic acids is 1. The summed E-state index contributed by atoms with van der Waals surface area (Å²) < 4.78 is 0. The number of carbonyl (C=O) groups is 1. The minimum absolute atomic E-state index is 0.906. The average Bonchev–Trinajstić information content (AvgIpc) is 2.09. The van der Waals surface area contributed by atoms with E-state index >= 15 is 0 Å². The van der Waals surface area contributed by atoms with E-state index < -0.39 is 5.97 Å². The predicted octanol–water partition coefficient (Wildman–Crippen LogP) is 2.38. The highest BCUT2D eigenvalue weighted by Crippen LogP contribution is 1.90. The molecule has 0 aromatic carbocycles. The summed E-state index contributed by atoms with van der Waals surface area (Å²) >= 11 is 0. The van der Waals surface area contributed by atoms with Gasteiger partial charge in [0.2, 0.25) is 0 Å².